The Kier molecular flexibility index (Phi) is 34.8. The predicted molar refractivity (Wildman–Crippen MR) is 228 cm³/mol. The van der Waals surface area contributed by atoms with Crippen molar-refractivity contribution >= 4 is 5.97 Å². The average molecular weight is 787 g/mol. The average Bonchev–Trinajstić information content (AvgIpc) is 3.20. The van der Waals surface area contributed by atoms with Crippen molar-refractivity contribution < 1.29 is 44.2 Å². The van der Waals surface area contributed by atoms with E-state index < -0.39 is 49.4 Å². The summed E-state index contributed by atoms with van der Waals surface area (Å²) in [4.78, 5) is 12.7. The van der Waals surface area contributed by atoms with Gasteiger partial charge in [0.05, 0.1) is 19.8 Å². The lowest BCUT2D eigenvalue weighted by Crippen LogP contribution is -2.59. The third kappa shape index (κ3) is 28.7. The maximum Gasteiger partial charge on any atom is 0.306 e. The normalized spacial score (nSPS) is 21.4. The van der Waals surface area contributed by atoms with Crippen molar-refractivity contribution in [1.82, 2.24) is 0 Å². The molecule has 0 amide bonds. The molecule has 56 heavy (non-hydrogen) atoms. The fraction of sp³-hybridized carbons (Fsp3) is 0.681. The summed E-state index contributed by atoms with van der Waals surface area (Å²) in [6, 6.07) is 0. The van der Waals surface area contributed by atoms with Crippen LogP contribution in [0.2, 0.25) is 0 Å². The van der Waals surface area contributed by atoms with E-state index in [9.17, 15) is 25.2 Å². The maximum absolute atomic E-state index is 12.7. The van der Waals surface area contributed by atoms with Gasteiger partial charge in [-0.1, -0.05) is 144 Å². The molecule has 1 saturated heterocycles. The van der Waals surface area contributed by atoms with Crippen molar-refractivity contribution in [3.8, 4) is 0 Å². The van der Waals surface area contributed by atoms with Crippen molar-refractivity contribution in [3.05, 3.63) is 85.1 Å². The van der Waals surface area contributed by atoms with Gasteiger partial charge in [-0.3, -0.25) is 4.79 Å². The molecule has 0 aromatic rings. The highest BCUT2D eigenvalue weighted by molar-refractivity contribution is 5.69. The standard InChI is InChI=1S/C47H78O9/c1-3-5-7-9-11-13-15-17-18-19-20-21-22-23-25-27-29-31-33-35-37-53-39-41(40-54-47-46(52)45(51)44(50)42(38-48)56-47)55-43(49)36-34-32-30-28-26-24-16-14-12-10-8-6-4-2/h6,8,11-14,17-18,20-21,24,26,30,32,41-42,44-48,50-52H,3-5,7,9-10,15-16,19,22-23,25,27-29,31,33-40H2,1-2H3/b8-6-,13-11-,14-12-,18-17-,21-20-,26-24-,32-30-. The summed E-state index contributed by atoms with van der Waals surface area (Å²) in [5, 5.41) is 40.0. The summed E-state index contributed by atoms with van der Waals surface area (Å²) in [5.41, 5.74) is 0. The molecule has 4 N–H and O–H groups in total. The lowest BCUT2D eigenvalue weighted by Gasteiger charge is -2.39. The largest absolute Gasteiger partial charge is 0.457 e. The molecule has 320 valence electrons. The zero-order valence-corrected chi connectivity index (χ0v) is 34.8. The minimum atomic E-state index is -1.55. The van der Waals surface area contributed by atoms with Crippen LogP contribution in [0.3, 0.4) is 0 Å². The molecular weight excluding hydrogens is 709 g/mol. The second kappa shape index (κ2) is 37.9. The summed E-state index contributed by atoms with van der Waals surface area (Å²) in [6.07, 6.45) is 43.4. The van der Waals surface area contributed by atoms with Crippen molar-refractivity contribution in [2.75, 3.05) is 26.4 Å². The van der Waals surface area contributed by atoms with Crippen LogP contribution in [0.5, 0.6) is 0 Å². The van der Waals surface area contributed by atoms with Gasteiger partial charge in [-0.15, -0.1) is 0 Å². The van der Waals surface area contributed by atoms with Crippen LogP contribution in [0.1, 0.15) is 142 Å². The van der Waals surface area contributed by atoms with Gasteiger partial charge in [0.2, 0.25) is 0 Å². The highest BCUT2D eigenvalue weighted by Crippen LogP contribution is 2.22. The molecule has 0 saturated carbocycles. The molecule has 0 aromatic heterocycles. The predicted octanol–water partition coefficient (Wildman–Crippen LogP) is 9.47. The lowest BCUT2D eigenvalue weighted by molar-refractivity contribution is -0.305. The molecule has 0 bridgehead atoms. The van der Waals surface area contributed by atoms with Crippen LogP contribution >= 0.6 is 0 Å². The number of aliphatic hydroxyl groups is 4. The van der Waals surface area contributed by atoms with Gasteiger partial charge in [0.25, 0.3) is 0 Å². The first-order chi connectivity index (χ1) is 27.4. The zero-order chi connectivity index (χ0) is 40.7. The van der Waals surface area contributed by atoms with Crippen LogP contribution in [-0.2, 0) is 23.7 Å². The second-order valence-corrected chi connectivity index (χ2v) is 14.4. The monoisotopic (exact) mass is 787 g/mol. The highest BCUT2D eigenvalue weighted by Gasteiger charge is 2.44. The fourth-order valence-electron chi connectivity index (χ4n) is 5.92. The summed E-state index contributed by atoms with van der Waals surface area (Å²) >= 11 is 0. The number of hydrogen-bond donors (Lipinski definition) is 4. The van der Waals surface area contributed by atoms with E-state index in [0.29, 0.717) is 13.0 Å². The first-order valence-corrected chi connectivity index (χ1v) is 21.7. The van der Waals surface area contributed by atoms with Crippen LogP contribution in [0.15, 0.2) is 85.1 Å². The van der Waals surface area contributed by atoms with E-state index in [2.05, 4.69) is 86.8 Å². The first kappa shape index (κ1) is 51.4. The molecule has 9 nitrogen and oxygen atoms in total. The number of unbranched alkanes of at least 4 members (excludes halogenated alkanes) is 10. The number of carbonyl (C=O) groups is 1. The molecule has 0 spiro atoms. The molecule has 9 heteroatoms. The van der Waals surface area contributed by atoms with Crippen molar-refractivity contribution in [1.29, 1.82) is 0 Å². The minimum Gasteiger partial charge on any atom is -0.457 e. The Bertz CT molecular complexity index is 1120. The summed E-state index contributed by atoms with van der Waals surface area (Å²) in [7, 11) is 0. The molecular formula is C47H78O9. The molecule has 1 aliphatic rings. The number of hydrogen-bond acceptors (Lipinski definition) is 9. The smallest absolute Gasteiger partial charge is 0.306 e. The molecule has 1 rings (SSSR count). The SMILES string of the molecule is CC/C=C\C/C=C\C/C=C\C/C=C\CCC(=O)OC(COCCCCCCCCC/C=C\C/C=C\C/C=C\CCCCC)COC1OC(CO)C(O)C(O)C1O. The summed E-state index contributed by atoms with van der Waals surface area (Å²) < 4.78 is 22.7. The van der Waals surface area contributed by atoms with Gasteiger partial charge >= 0.3 is 5.97 Å². The van der Waals surface area contributed by atoms with Gasteiger partial charge in [-0.25, -0.2) is 0 Å². The lowest BCUT2D eigenvalue weighted by atomic mass is 9.99. The van der Waals surface area contributed by atoms with E-state index in [0.717, 1.165) is 64.2 Å². The van der Waals surface area contributed by atoms with Gasteiger partial charge in [0.1, 0.15) is 30.5 Å². The Morgan fingerprint density at radius 2 is 1.09 bits per heavy atom. The van der Waals surface area contributed by atoms with Gasteiger partial charge in [0, 0.05) is 13.0 Å². The van der Waals surface area contributed by atoms with E-state index in [4.69, 9.17) is 18.9 Å². The van der Waals surface area contributed by atoms with Crippen LogP contribution in [0, 0.1) is 0 Å². The van der Waals surface area contributed by atoms with Crippen LogP contribution in [0.4, 0.5) is 0 Å². The Balaban J connectivity index is 2.32. The molecule has 0 aromatic carbocycles. The number of ether oxygens (including phenoxy) is 4. The zero-order valence-electron chi connectivity index (χ0n) is 34.8. The van der Waals surface area contributed by atoms with E-state index in [1.807, 2.05) is 12.2 Å². The van der Waals surface area contributed by atoms with Gasteiger partial charge in [0.15, 0.2) is 6.29 Å². The second-order valence-electron chi connectivity index (χ2n) is 14.4. The van der Waals surface area contributed by atoms with E-state index in [-0.39, 0.29) is 19.6 Å². The van der Waals surface area contributed by atoms with E-state index in [1.54, 1.807) is 0 Å². The molecule has 1 heterocycles. The highest BCUT2D eigenvalue weighted by atomic mass is 16.7. The summed E-state index contributed by atoms with van der Waals surface area (Å²) in [5.74, 6) is -0.401. The van der Waals surface area contributed by atoms with Crippen LogP contribution in [0.25, 0.3) is 0 Å². The molecule has 6 atom stereocenters. The first-order valence-electron chi connectivity index (χ1n) is 21.7. The van der Waals surface area contributed by atoms with Gasteiger partial charge in [-0.2, -0.15) is 0 Å². The van der Waals surface area contributed by atoms with Gasteiger partial charge in [-0.05, 0) is 77.0 Å². The van der Waals surface area contributed by atoms with Gasteiger partial charge < -0.3 is 39.4 Å². The molecule has 1 fully saturated rings. The van der Waals surface area contributed by atoms with Crippen molar-refractivity contribution in [2.45, 2.75) is 179 Å². The third-order valence-electron chi connectivity index (χ3n) is 9.31. The topological polar surface area (TPSA) is 135 Å². The minimum absolute atomic E-state index is 0.104. The molecule has 0 radical (unpaired) electrons. The van der Waals surface area contributed by atoms with Crippen molar-refractivity contribution in [3.63, 3.8) is 0 Å². The Morgan fingerprint density at radius 1 is 0.589 bits per heavy atom. The summed E-state index contributed by atoms with van der Waals surface area (Å²) in [6.45, 7) is 4.27. The number of rotatable bonds is 35. The number of carbonyl (C=O) groups excluding carboxylic acids is 1. The molecule has 0 aliphatic carbocycles. The quantitative estimate of drug-likeness (QED) is 0.0282. The fourth-order valence-corrected chi connectivity index (χ4v) is 5.92. The Morgan fingerprint density at radius 3 is 1.64 bits per heavy atom. The third-order valence-corrected chi connectivity index (χ3v) is 9.31. The number of esters is 1. The van der Waals surface area contributed by atoms with Crippen LogP contribution < -0.4 is 0 Å². The van der Waals surface area contributed by atoms with E-state index in [1.165, 1.54) is 51.4 Å². The maximum atomic E-state index is 12.7. The van der Waals surface area contributed by atoms with E-state index >= 15 is 0 Å². The Labute approximate surface area is 339 Å². The molecule has 6 unspecified atom stereocenters. The number of aliphatic hydroxyl groups excluding tert-OH is 4. The van der Waals surface area contributed by atoms with Crippen molar-refractivity contribution in [2.24, 2.45) is 0 Å². The van der Waals surface area contributed by atoms with Crippen LogP contribution in [-0.4, -0.2) is 89.6 Å². The Hall–Kier alpha value is -2.63. The molecule has 1 aliphatic heterocycles. The number of allylic oxidation sites excluding steroid dienone is 14.